The fourth-order valence-electron chi connectivity index (χ4n) is 3.89. The molecular formula is C28H40N2O5. The number of ether oxygens (including phenoxy) is 2. The smallest absolute Gasteiger partial charge is 0.259 e. The maximum Gasteiger partial charge on any atom is 0.259 e. The van der Waals surface area contributed by atoms with Crippen LogP contribution in [0.1, 0.15) is 80.7 Å². The Morgan fingerprint density at radius 1 is 1.14 bits per heavy atom. The van der Waals surface area contributed by atoms with Crippen LogP contribution in [0, 0.1) is 17.8 Å². The number of nitrogens with zero attached hydrogens (tertiary/aromatic N) is 1. The van der Waals surface area contributed by atoms with Gasteiger partial charge >= 0.3 is 0 Å². The molecule has 0 bridgehead atoms. The molecule has 1 aliphatic rings. The third-order valence-corrected chi connectivity index (χ3v) is 6.51. The van der Waals surface area contributed by atoms with Gasteiger partial charge in [0.1, 0.15) is 0 Å². The van der Waals surface area contributed by atoms with Gasteiger partial charge in [-0.1, -0.05) is 39.8 Å². The van der Waals surface area contributed by atoms with Crippen molar-refractivity contribution in [3.63, 3.8) is 0 Å². The lowest BCUT2D eigenvalue weighted by Crippen LogP contribution is -2.29. The summed E-state index contributed by atoms with van der Waals surface area (Å²) in [6.07, 6.45) is 4.82. The second-order valence-corrected chi connectivity index (χ2v) is 9.85. The van der Waals surface area contributed by atoms with E-state index >= 15 is 0 Å². The van der Waals surface area contributed by atoms with Crippen LogP contribution < -0.4 is 14.8 Å². The van der Waals surface area contributed by atoms with Gasteiger partial charge in [0.25, 0.3) is 11.8 Å². The van der Waals surface area contributed by atoms with E-state index in [0.717, 1.165) is 11.5 Å². The topological polar surface area (TPSA) is 97.8 Å². The average Bonchev–Trinajstić information content (AvgIpc) is 3.67. The Bertz CT molecular complexity index is 1020. The zero-order chi connectivity index (χ0) is 26.3. The minimum Gasteiger partial charge on any atom is -0.491 e. The molecule has 2 aromatic rings. The Morgan fingerprint density at radius 3 is 2.26 bits per heavy atom. The van der Waals surface area contributed by atoms with Crippen molar-refractivity contribution in [3.8, 4) is 11.6 Å². The van der Waals surface area contributed by atoms with E-state index in [0.29, 0.717) is 23.6 Å². The van der Waals surface area contributed by atoms with Crippen molar-refractivity contribution in [2.75, 3.05) is 19.5 Å². The van der Waals surface area contributed by atoms with E-state index in [9.17, 15) is 14.7 Å². The summed E-state index contributed by atoms with van der Waals surface area (Å²) in [5.41, 5.74) is 1.77. The number of aryl methyl sites for hydroxylation is 1. The van der Waals surface area contributed by atoms with E-state index in [1.165, 1.54) is 33.3 Å². The third-order valence-electron chi connectivity index (χ3n) is 6.51. The quantitative estimate of drug-likeness (QED) is 0.453. The number of carbonyl (C=O) groups excluding carboxylic acids is 2. The first kappa shape index (κ1) is 28.3. The van der Waals surface area contributed by atoms with Gasteiger partial charge in [-0.3, -0.25) is 9.59 Å². The largest absolute Gasteiger partial charge is 0.491 e. The number of hydrogen-bond acceptors (Lipinski definition) is 6. The molecule has 1 amide bonds. The van der Waals surface area contributed by atoms with Gasteiger partial charge in [0.2, 0.25) is 0 Å². The molecular weight excluding hydrogens is 444 g/mol. The Hall–Kier alpha value is -2.93. The van der Waals surface area contributed by atoms with E-state index in [4.69, 9.17) is 9.47 Å². The van der Waals surface area contributed by atoms with Crippen molar-refractivity contribution >= 4 is 17.4 Å². The Balaban J connectivity index is 0.000000402. The van der Waals surface area contributed by atoms with Gasteiger partial charge in [-0.2, -0.15) is 0 Å². The lowest BCUT2D eigenvalue weighted by atomic mass is 9.89. The number of rotatable bonds is 9. The van der Waals surface area contributed by atoms with Crippen molar-refractivity contribution in [3.05, 3.63) is 47.2 Å². The van der Waals surface area contributed by atoms with Crippen molar-refractivity contribution < 1.29 is 24.2 Å². The number of nitrogens with one attached hydrogen (secondary N) is 1. The highest BCUT2D eigenvalue weighted by Crippen LogP contribution is 2.41. The summed E-state index contributed by atoms with van der Waals surface area (Å²) < 4.78 is 10.4. The number of pyridine rings is 1. The molecule has 2 N–H and O–H groups in total. The zero-order valence-corrected chi connectivity index (χ0v) is 22.3. The molecule has 1 unspecified atom stereocenters. The Morgan fingerprint density at radius 2 is 1.80 bits per heavy atom. The SMILES string of the molecule is CC(C1CC1)C(C)(C)O.CCc1cccc(NC(=O)c2ccnc(OC)c2OC)c1C(=O)C(C)C. The van der Waals surface area contributed by atoms with Crippen LogP contribution in [0.2, 0.25) is 0 Å². The highest BCUT2D eigenvalue weighted by molar-refractivity contribution is 6.11. The van der Waals surface area contributed by atoms with Gasteiger partial charge in [-0.25, -0.2) is 4.98 Å². The van der Waals surface area contributed by atoms with Gasteiger partial charge in [-0.15, -0.1) is 0 Å². The summed E-state index contributed by atoms with van der Waals surface area (Å²) in [6, 6.07) is 7.01. The zero-order valence-electron chi connectivity index (χ0n) is 22.3. The van der Waals surface area contributed by atoms with E-state index < -0.39 is 11.5 Å². The molecule has 3 rings (SSSR count). The molecule has 1 aromatic carbocycles. The maximum absolute atomic E-state index is 12.8. The summed E-state index contributed by atoms with van der Waals surface area (Å²) in [6.45, 7) is 11.6. The predicted octanol–water partition coefficient (Wildman–Crippen LogP) is 5.56. The van der Waals surface area contributed by atoms with Gasteiger partial charge in [0.15, 0.2) is 11.5 Å². The number of ketones is 1. The van der Waals surface area contributed by atoms with Crippen LogP contribution in [0.4, 0.5) is 5.69 Å². The number of anilines is 1. The minimum absolute atomic E-state index is 0.00276. The fourth-order valence-corrected chi connectivity index (χ4v) is 3.89. The number of amides is 1. The summed E-state index contributed by atoms with van der Waals surface area (Å²) in [5.74, 6) is 1.19. The third kappa shape index (κ3) is 7.28. The van der Waals surface area contributed by atoms with E-state index in [1.54, 1.807) is 12.1 Å². The van der Waals surface area contributed by atoms with Gasteiger partial charge < -0.3 is 19.9 Å². The summed E-state index contributed by atoms with van der Waals surface area (Å²) >= 11 is 0. The molecule has 1 atom stereocenters. The second-order valence-electron chi connectivity index (χ2n) is 9.85. The number of hydrogen-bond donors (Lipinski definition) is 2. The first-order valence-corrected chi connectivity index (χ1v) is 12.2. The number of aromatic nitrogens is 1. The van der Waals surface area contributed by atoms with Crippen molar-refractivity contribution in [2.24, 2.45) is 17.8 Å². The van der Waals surface area contributed by atoms with Crippen LogP contribution in [0.25, 0.3) is 0 Å². The molecule has 35 heavy (non-hydrogen) atoms. The van der Waals surface area contributed by atoms with Crippen LogP contribution in [-0.4, -0.2) is 41.6 Å². The number of Topliss-reactive ketones (excluding diaryl/α,β-unsaturated/α-hetero) is 1. The van der Waals surface area contributed by atoms with Gasteiger partial charge in [-0.05, 0) is 62.6 Å². The molecule has 1 fully saturated rings. The van der Waals surface area contributed by atoms with Crippen molar-refractivity contribution in [1.29, 1.82) is 0 Å². The first-order chi connectivity index (χ1) is 16.5. The number of methoxy groups -OCH3 is 2. The Kier molecular flexibility index (Phi) is 9.83. The van der Waals surface area contributed by atoms with E-state index in [2.05, 4.69) is 17.2 Å². The van der Waals surface area contributed by atoms with Gasteiger partial charge in [0.05, 0.1) is 31.1 Å². The summed E-state index contributed by atoms with van der Waals surface area (Å²) in [5, 5.41) is 12.3. The van der Waals surface area contributed by atoms with E-state index in [-0.39, 0.29) is 28.9 Å². The Labute approximate surface area is 209 Å². The standard InChI is InChI=1S/C20H24N2O4.C8H16O/c1-6-13-8-7-9-15(16(13)17(23)12(2)3)22-19(24)14-10-11-21-20(26-5)18(14)25-4;1-6(7-4-5-7)8(2,3)9/h7-12H,6H2,1-5H3,(H,22,24);6-7,9H,4-5H2,1-3H3. The molecule has 0 spiro atoms. The summed E-state index contributed by atoms with van der Waals surface area (Å²) in [4.78, 5) is 29.5. The molecule has 0 radical (unpaired) electrons. The molecule has 1 heterocycles. The molecule has 7 heteroatoms. The van der Waals surface area contributed by atoms with Crippen LogP contribution >= 0.6 is 0 Å². The highest BCUT2D eigenvalue weighted by Gasteiger charge is 2.36. The fraction of sp³-hybridized carbons (Fsp3) is 0.536. The molecule has 1 saturated carbocycles. The van der Waals surface area contributed by atoms with Gasteiger partial charge in [0, 0.05) is 17.7 Å². The number of carbonyl (C=O) groups is 2. The first-order valence-electron chi connectivity index (χ1n) is 12.2. The normalized spacial score (nSPS) is 14.0. The molecule has 192 valence electrons. The van der Waals surface area contributed by atoms with Crippen LogP contribution in [-0.2, 0) is 6.42 Å². The van der Waals surface area contributed by atoms with Crippen molar-refractivity contribution in [1.82, 2.24) is 4.98 Å². The average molecular weight is 485 g/mol. The second kappa shape index (κ2) is 12.2. The predicted molar refractivity (Wildman–Crippen MR) is 138 cm³/mol. The van der Waals surface area contributed by atoms with Crippen LogP contribution in [0.5, 0.6) is 11.6 Å². The lowest BCUT2D eigenvalue weighted by Gasteiger charge is -2.25. The number of aliphatic hydroxyl groups is 1. The van der Waals surface area contributed by atoms with E-state index in [1.807, 2.05) is 46.8 Å². The highest BCUT2D eigenvalue weighted by atomic mass is 16.5. The van der Waals surface area contributed by atoms with Crippen LogP contribution in [0.3, 0.4) is 0 Å². The minimum atomic E-state index is -0.457. The maximum atomic E-state index is 12.8. The van der Waals surface area contributed by atoms with Crippen LogP contribution in [0.15, 0.2) is 30.5 Å². The molecule has 1 aromatic heterocycles. The monoisotopic (exact) mass is 484 g/mol. The molecule has 0 aliphatic heterocycles. The van der Waals surface area contributed by atoms with Crippen molar-refractivity contribution in [2.45, 2.75) is 66.4 Å². The molecule has 7 nitrogen and oxygen atoms in total. The molecule has 0 saturated heterocycles. The number of benzene rings is 1. The summed E-state index contributed by atoms with van der Waals surface area (Å²) in [7, 11) is 2.90. The lowest BCUT2D eigenvalue weighted by molar-refractivity contribution is 0.0155. The molecule has 1 aliphatic carbocycles.